The number of thioether (sulfide) groups is 1. The monoisotopic (exact) mass is 479 g/mol. The predicted octanol–water partition coefficient (Wildman–Crippen LogP) is 4.54. The number of nitrogens with zero attached hydrogens (tertiary/aromatic N) is 6. The first kappa shape index (κ1) is 21.2. The van der Waals surface area contributed by atoms with Gasteiger partial charge in [-0.1, -0.05) is 48.2 Å². The van der Waals surface area contributed by atoms with Gasteiger partial charge in [-0.15, -0.1) is 10.2 Å². The second-order valence-electron chi connectivity index (χ2n) is 7.27. The number of nitro groups is 1. The smallest absolute Gasteiger partial charge is 0.270 e. The van der Waals surface area contributed by atoms with Crippen LogP contribution in [0, 0.1) is 10.1 Å². The van der Waals surface area contributed by atoms with Gasteiger partial charge in [0.2, 0.25) is 11.1 Å². The van der Waals surface area contributed by atoms with Gasteiger partial charge in [-0.3, -0.25) is 14.9 Å². The lowest BCUT2D eigenvalue weighted by Gasteiger charge is -2.12. The molecule has 2 aromatic carbocycles. The van der Waals surface area contributed by atoms with Crippen LogP contribution in [-0.4, -0.2) is 40.8 Å². The van der Waals surface area contributed by atoms with Crippen molar-refractivity contribution in [2.45, 2.75) is 23.8 Å². The highest BCUT2D eigenvalue weighted by Crippen LogP contribution is 2.31. The van der Waals surface area contributed by atoms with Crippen LogP contribution in [0.4, 0.5) is 10.8 Å². The summed E-state index contributed by atoms with van der Waals surface area (Å²) in [5, 5.41) is 23.7. The van der Waals surface area contributed by atoms with Crippen molar-refractivity contribution in [1.29, 1.82) is 0 Å². The maximum atomic E-state index is 12.9. The third-order valence-electron chi connectivity index (χ3n) is 5.21. The highest BCUT2D eigenvalue weighted by molar-refractivity contribution is 8.00. The largest absolute Gasteiger partial charge is 0.327 e. The van der Waals surface area contributed by atoms with Crippen molar-refractivity contribution in [2.75, 3.05) is 5.32 Å². The van der Waals surface area contributed by atoms with Crippen LogP contribution in [0.5, 0.6) is 0 Å². The van der Waals surface area contributed by atoms with Gasteiger partial charge in [-0.05, 0) is 18.6 Å². The number of aryl methyl sites for hydroxylation is 1. The van der Waals surface area contributed by atoms with Gasteiger partial charge in [0.15, 0.2) is 10.8 Å². The van der Waals surface area contributed by atoms with Crippen molar-refractivity contribution >= 4 is 72.1 Å². The minimum absolute atomic E-state index is 0.0145. The maximum Gasteiger partial charge on any atom is 0.270 e. The zero-order valence-corrected chi connectivity index (χ0v) is 19.2. The number of thiazole rings is 1. The Morgan fingerprint density at radius 1 is 1.24 bits per heavy atom. The second kappa shape index (κ2) is 8.37. The number of fused-ring (bicyclic) bond motifs is 4. The van der Waals surface area contributed by atoms with Gasteiger partial charge in [0.25, 0.3) is 5.69 Å². The zero-order chi connectivity index (χ0) is 23.1. The molecule has 3 heterocycles. The summed E-state index contributed by atoms with van der Waals surface area (Å²) in [5.41, 5.74) is 3.02. The average Bonchev–Trinajstić information content (AvgIpc) is 3.35. The Labute approximate surface area is 195 Å². The molecule has 1 amide bonds. The molecule has 1 atom stereocenters. The van der Waals surface area contributed by atoms with Crippen LogP contribution < -0.4 is 5.32 Å². The lowest BCUT2D eigenvalue weighted by atomic mass is 10.2. The second-order valence-corrected chi connectivity index (χ2v) is 9.48. The van der Waals surface area contributed by atoms with Crippen LogP contribution >= 0.6 is 23.1 Å². The molecule has 0 fully saturated rings. The molecule has 1 N–H and O–H groups in total. The molecule has 10 nitrogen and oxygen atoms in total. The van der Waals surface area contributed by atoms with E-state index in [9.17, 15) is 14.9 Å². The number of carbonyl (C=O) groups is 1. The Kier molecular flexibility index (Phi) is 5.38. The normalized spacial score (nSPS) is 12.4. The van der Waals surface area contributed by atoms with Gasteiger partial charge in [-0.25, -0.2) is 9.97 Å². The number of anilines is 1. The van der Waals surface area contributed by atoms with E-state index < -0.39 is 10.2 Å². The van der Waals surface area contributed by atoms with E-state index in [1.165, 1.54) is 35.2 Å². The number of para-hydroxylation sites is 1. The van der Waals surface area contributed by atoms with E-state index >= 15 is 0 Å². The number of hydrogen-bond acceptors (Lipinski definition) is 9. The Morgan fingerprint density at radius 3 is 2.85 bits per heavy atom. The SMILES string of the molecule is CCC(Sc1nnc2c3ccccc3n(C)c2n1)C(=O)Nc1nc2ccc([N+](=O)[O-])cc2s1. The standard InChI is InChI=1S/C21H17N7O3S2/c1-3-15(19(29)24-20-22-13-9-8-11(28(30)31)10-16(13)33-20)32-21-23-18-17(25-26-21)12-6-4-5-7-14(12)27(18)2/h4-10,15H,3H2,1-2H3,(H,22,24,29). The summed E-state index contributed by atoms with van der Waals surface area (Å²) in [4.78, 5) is 32.5. The summed E-state index contributed by atoms with van der Waals surface area (Å²) in [7, 11) is 1.93. The van der Waals surface area contributed by atoms with E-state index in [4.69, 9.17) is 0 Å². The van der Waals surface area contributed by atoms with E-state index in [0.29, 0.717) is 32.6 Å². The summed E-state index contributed by atoms with van der Waals surface area (Å²) < 4.78 is 2.60. The van der Waals surface area contributed by atoms with E-state index in [0.717, 1.165) is 16.4 Å². The summed E-state index contributed by atoms with van der Waals surface area (Å²) in [6, 6.07) is 12.3. The molecule has 166 valence electrons. The number of nitro benzene ring substituents is 1. The molecular weight excluding hydrogens is 462 g/mol. The fraction of sp³-hybridized carbons (Fsp3) is 0.190. The molecule has 33 heavy (non-hydrogen) atoms. The molecule has 1 unspecified atom stereocenters. The highest BCUT2D eigenvalue weighted by Gasteiger charge is 2.22. The van der Waals surface area contributed by atoms with Crippen molar-refractivity contribution in [3.63, 3.8) is 0 Å². The van der Waals surface area contributed by atoms with Crippen LogP contribution in [0.1, 0.15) is 13.3 Å². The van der Waals surface area contributed by atoms with Gasteiger partial charge in [0, 0.05) is 24.6 Å². The molecule has 0 radical (unpaired) electrons. The lowest BCUT2D eigenvalue weighted by molar-refractivity contribution is -0.384. The van der Waals surface area contributed by atoms with Gasteiger partial charge in [0.05, 0.1) is 25.9 Å². The highest BCUT2D eigenvalue weighted by atomic mass is 32.2. The Balaban J connectivity index is 1.37. The Morgan fingerprint density at radius 2 is 2.06 bits per heavy atom. The molecule has 5 rings (SSSR count). The first-order valence-electron chi connectivity index (χ1n) is 10.0. The van der Waals surface area contributed by atoms with Gasteiger partial charge in [-0.2, -0.15) is 0 Å². The van der Waals surface area contributed by atoms with Crippen LogP contribution in [0.15, 0.2) is 47.6 Å². The Hall–Kier alpha value is -3.64. The van der Waals surface area contributed by atoms with E-state index in [1.807, 2.05) is 42.8 Å². The number of carbonyl (C=O) groups excluding carboxylic acids is 1. The van der Waals surface area contributed by atoms with E-state index in [-0.39, 0.29) is 11.6 Å². The lowest BCUT2D eigenvalue weighted by Crippen LogP contribution is -2.24. The molecule has 0 aliphatic rings. The molecule has 0 saturated heterocycles. The number of aromatic nitrogens is 5. The molecule has 0 aliphatic heterocycles. The number of benzene rings is 2. The number of amides is 1. The number of rotatable bonds is 6. The quantitative estimate of drug-likeness (QED) is 0.213. The van der Waals surface area contributed by atoms with E-state index in [2.05, 4.69) is 25.5 Å². The van der Waals surface area contributed by atoms with Crippen LogP contribution in [0.3, 0.4) is 0 Å². The van der Waals surface area contributed by atoms with Crippen molar-refractivity contribution in [3.8, 4) is 0 Å². The fourth-order valence-corrected chi connectivity index (χ4v) is 5.27. The van der Waals surface area contributed by atoms with Gasteiger partial charge >= 0.3 is 0 Å². The first-order valence-corrected chi connectivity index (χ1v) is 11.7. The van der Waals surface area contributed by atoms with Crippen LogP contribution in [0.2, 0.25) is 0 Å². The number of non-ortho nitro benzene ring substituents is 1. The Bertz CT molecular complexity index is 1550. The summed E-state index contributed by atoms with van der Waals surface area (Å²) >= 11 is 2.43. The minimum Gasteiger partial charge on any atom is -0.327 e. The van der Waals surface area contributed by atoms with Gasteiger partial charge < -0.3 is 9.88 Å². The third-order valence-corrected chi connectivity index (χ3v) is 7.36. The van der Waals surface area contributed by atoms with Crippen molar-refractivity contribution in [3.05, 3.63) is 52.6 Å². The number of hydrogen-bond donors (Lipinski definition) is 1. The van der Waals surface area contributed by atoms with Gasteiger partial charge in [0.1, 0.15) is 5.52 Å². The molecule has 0 bridgehead atoms. The molecule has 0 aliphatic carbocycles. The predicted molar refractivity (Wildman–Crippen MR) is 129 cm³/mol. The number of nitrogens with one attached hydrogen (secondary N) is 1. The fourth-order valence-electron chi connectivity index (χ4n) is 3.56. The molecule has 3 aromatic heterocycles. The molecule has 0 spiro atoms. The van der Waals surface area contributed by atoms with Crippen molar-refractivity contribution in [2.24, 2.45) is 7.05 Å². The van der Waals surface area contributed by atoms with Crippen LogP contribution in [-0.2, 0) is 11.8 Å². The molecule has 5 aromatic rings. The summed E-state index contributed by atoms with van der Waals surface area (Å²) in [5.74, 6) is -0.239. The zero-order valence-electron chi connectivity index (χ0n) is 17.6. The summed E-state index contributed by atoms with van der Waals surface area (Å²) in [6.45, 7) is 1.90. The van der Waals surface area contributed by atoms with E-state index in [1.54, 1.807) is 6.07 Å². The minimum atomic E-state index is -0.458. The molecular formula is C21H17N7O3S2. The topological polar surface area (TPSA) is 129 Å². The first-order chi connectivity index (χ1) is 15.9. The average molecular weight is 480 g/mol. The third kappa shape index (κ3) is 3.87. The molecule has 0 saturated carbocycles. The maximum absolute atomic E-state index is 12.9. The van der Waals surface area contributed by atoms with Crippen molar-refractivity contribution in [1.82, 2.24) is 24.7 Å². The van der Waals surface area contributed by atoms with Crippen LogP contribution in [0.25, 0.3) is 32.3 Å². The summed E-state index contributed by atoms with van der Waals surface area (Å²) in [6.07, 6.45) is 0.545. The molecule has 12 heteroatoms. The van der Waals surface area contributed by atoms with Crippen molar-refractivity contribution < 1.29 is 9.72 Å².